The van der Waals surface area contributed by atoms with Crippen LogP contribution < -0.4 is 19.9 Å². The largest absolute Gasteiger partial charge is 0.491 e. The average molecular weight is 402 g/mol. The van der Waals surface area contributed by atoms with E-state index in [2.05, 4.69) is 19.9 Å². The minimum Gasteiger partial charge on any atom is -0.491 e. The molecule has 2 aromatic carbocycles. The van der Waals surface area contributed by atoms with Gasteiger partial charge < -0.3 is 14.4 Å². The lowest BCUT2D eigenvalue weighted by Crippen LogP contribution is -2.11. The fourth-order valence-electron chi connectivity index (χ4n) is 3.05. The van der Waals surface area contributed by atoms with Gasteiger partial charge in [-0.15, -0.1) is 0 Å². The van der Waals surface area contributed by atoms with Crippen LogP contribution in [-0.4, -0.2) is 28.1 Å². The highest BCUT2D eigenvalue weighted by atomic mass is 16.5. The van der Waals surface area contributed by atoms with Crippen LogP contribution in [-0.2, 0) is 0 Å². The zero-order valence-corrected chi connectivity index (χ0v) is 17.0. The van der Waals surface area contributed by atoms with E-state index < -0.39 is 0 Å². The third-order valence-electron chi connectivity index (χ3n) is 4.50. The molecule has 0 saturated carbocycles. The maximum atomic E-state index is 12.2. The summed E-state index contributed by atoms with van der Waals surface area (Å²) in [5.41, 5.74) is 2.21. The molecule has 2 heterocycles. The zero-order valence-electron chi connectivity index (χ0n) is 17.0. The van der Waals surface area contributed by atoms with Gasteiger partial charge in [-0.3, -0.25) is 14.8 Å². The number of anilines is 2. The van der Waals surface area contributed by atoms with Gasteiger partial charge >= 0.3 is 6.01 Å². The van der Waals surface area contributed by atoms with Crippen LogP contribution in [0.2, 0.25) is 0 Å². The lowest BCUT2D eigenvalue weighted by molar-refractivity contribution is 0.242. The Hall–Kier alpha value is -3.87. The first-order valence-corrected chi connectivity index (χ1v) is 9.62. The van der Waals surface area contributed by atoms with E-state index in [1.54, 1.807) is 12.3 Å². The van der Waals surface area contributed by atoms with E-state index in [1.165, 1.54) is 6.20 Å². The molecule has 0 spiro atoms. The number of ether oxygens (including phenoxy) is 2. The third-order valence-corrected chi connectivity index (χ3v) is 4.50. The van der Waals surface area contributed by atoms with Gasteiger partial charge in [0, 0.05) is 30.7 Å². The van der Waals surface area contributed by atoms with Crippen LogP contribution in [0.3, 0.4) is 0 Å². The second kappa shape index (κ2) is 8.24. The van der Waals surface area contributed by atoms with Gasteiger partial charge in [0.05, 0.1) is 23.2 Å². The first-order valence-electron chi connectivity index (χ1n) is 9.62. The highest BCUT2D eigenvalue weighted by Crippen LogP contribution is 2.29. The van der Waals surface area contributed by atoms with E-state index in [4.69, 9.17) is 9.47 Å². The standard InChI is InChI=1S/C23H22N4O3/c1-15(2)29-19-6-4-5-17(13-19)27(3)16-7-9-18(10-8-16)30-23-25-21-14-24-12-11-20(21)22(28)26-23/h4-15H,1-3H3,(H,25,26,28). The molecule has 7 heteroatoms. The van der Waals surface area contributed by atoms with Crippen LogP contribution in [0.25, 0.3) is 10.9 Å². The number of aromatic amines is 1. The Morgan fingerprint density at radius 2 is 1.80 bits per heavy atom. The molecule has 0 amide bonds. The SMILES string of the molecule is CC(C)Oc1cccc(N(C)c2ccc(Oc3nc4cnccc4c(=O)[nH]3)cc2)c1. The van der Waals surface area contributed by atoms with Gasteiger partial charge in [0.15, 0.2) is 0 Å². The normalized spacial score (nSPS) is 10.9. The van der Waals surface area contributed by atoms with Crippen molar-refractivity contribution in [2.45, 2.75) is 20.0 Å². The number of hydrogen-bond acceptors (Lipinski definition) is 6. The highest BCUT2D eigenvalue weighted by molar-refractivity contribution is 5.76. The van der Waals surface area contributed by atoms with Crippen molar-refractivity contribution < 1.29 is 9.47 Å². The van der Waals surface area contributed by atoms with Crippen LogP contribution in [0.4, 0.5) is 11.4 Å². The Labute approximate surface area is 173 Å². The molecule has 4 rings (SSSR count). The predicted octanol–water partition coefficient (Wildman–Crippen LogP) is 4.67. The summed E-state index contributed by atoms with van der Waals surface area (Å²) in [5.74, 6) is 1.39. The number of aromatic nitrogens is 3. The molecule has 4 aromatic rings. The van der Waals surface area contributed by atoms with Crippen molar-refractivity contribution in [3.8, 4) is 17.5 Å². The third kappa shape index (κ3) is 4.25. The summed E-state index contributed by atoms with van der Waals surface area (Å²) < 4.78 is 11.5. The van der Waals surface area contributed by atoms with Crippen molar-refractivity contribution in [2.75, 3.05) is 11.9 Å². The van der Waals surface area contributed by atoms with Gasteiger partial charge in [-0.25, -0.2) is 0 Å². The molecule has 152 valence electrons. The number of nitrogens with one attached hydrogen (secondary N) is 1. The molecule has 0 radical (unpaired) electrons. The van der Waals surface area contributed by atoms with Crippen LogP contribution in [0.5, 0.6) is 17.5 Å². The summed E-state index contributed by atoms with van der Waals surface area (Å²) in [4.78, 5) is 25.2. The van der Waals surface area contributed by atoms with Crippen molar-refractivity contribution in [2.24, 2.45) is 0 Å². The summed E-state index contributed by atoms with van der Waals surface area (Å²) in [5, 5.41) is 0.470. The number of hydrogen-bond donors (Lipinski definition) is 1. The quantitative estimate of drug-likeness (QED) is 0.505. The average Bonchev–Trinajstić information content (AvgIpc) is 2.73. The Balaban J connectivity index is 1.52. The van der Waals surface area contributed by atoms with Crippen LogP contribution >= 0.6 is 0 Å². The number of pyridine rings is 1. The summed E-state index contributed by atoms with van der Waals surface area (Å²) >= 11 is 0. The van der Waals surface area contributed by atoms with E-state index >= 15 is 0 Å². The maximum absolute atomic E-state index is 12.2. The van der Waals surface area contributed by atoms with Crippen molar-refractivity contribution in [3.05, 3.63) is 77.3 Å². The van der Waals surface area contributed by atoms with Crippen LogP contribution in [0.15, 0.2) is 71.8 Å². The second-order valence-corrected chi connectivity index (χ2v) is 7.08. The monoisotopic (exact) mass is 402 g/mol. The summed E-state index contributed by atoms with van der Waals surface area (Å²) in [6.45, 7) is 4.01. The first kappa shape index (κ1) is 19.4. The zero-order chi connectivity index (χ0) is 21.1. The Bertz CT molecular complexity index is 1220. The minimum atomic E-state index is -0.266. The molecule has 7 nitrogen and oxygen atoms in total. The van der Waals surface area contributed by atoms with E-state index in [9.17, 15) is 4.79 Å². The summed E-state index contributed by atoms with van der Waals surface area (Å²) in [6, 6.07) is 17.2. The fourth-order valence-corrected chi connectivity index (χ4v) is 3.05. The fraction of sp³-hybridized carbons (Fsp3) is 0.174. The van der Waals surface area contributed by atoms with Crippen molar-refractivity contribution in [3.63, 3.8) is 0 Å². The molecular formula is C23H22N4O3. The number of fused-ring (bicyclic) bond motifs is 1. The van der Waals surface area contributed by atoms with Gasteiger partial charge in [-0.05, 0) is 56.3 Å². The molecule has 0 aliphatic rings. The Kier molecular flexibility index (Phi) is 5.34. The molecule has 0 fully saturated rings. The summed E-state index contributed by atoms with van der Waals surface area (Å²) in [7, 11) is 1.99. The lowest BCUT2D eigenvalue weighted by Gasteiger charge is -2.21. The first-order chi connectivity index (χ1) is 14.5. The second-order valence-electron chi connectivity index (χ2n) is 7.08. The molecule has 30 heavy (non-hydrogen) atoms. The molecule has 0 unspecified atom stereocenters. The smallest absolute Gasteiger partial charge is 0.302 e. The Morgan fingerprint density at radius 3 is 2.57 bits per heavy atom. The number of H-pyrrole nitrogens is 1. The molecule has 0 aliphatic carbocycles. The molecule has 2 aromatic heterocycles. The number of rotatable bonds is 6. The predicted molar refractivity (Wildman–Crippen MR) is 117 cm³/mol. The molecule has 0 bridgehead atoms. The van der Waals surface area contributed by atoms with Gasteiger partial charge in [0.1, 0.15) is 11.5 Å². The van der Waals surface area contributed by atoms with Crippen LogP contribution in [0, 0.1) is 0 Å². The lowest BCUT2D eigenvalue weighted by atomic mass is 10.2. The molecule has 0 saturated heterocycles. The van der Waals surface area contributed by atoms with E-state index in [1.807, 2.05) is 69.4 Å². The number of benzene rings is 2. The molecule has 1 N–H and O–H groups in total. The van der Waals surface area contributed by atoms with Gasteiger partial charge in [0.2, 0.25) is 0 Å². The van der Waals surface area contributed by atoms with Crippen LogP contribution in [0.1, 0.15) is 13.8 Å². The van der Waals surface area contributed by atoms with Crippen molar-refractivity contribution in [1.82, 2.24) is 15.0 Å². The van der Waals surface area contributed by atoms with Crippen molar-refractivity contribution >= 4 is 22.3 Å². The molecule has 0 atom stereocenters. The summed E-state index contributed by atoms with van der Waals surface area (Å²) in [6.07, 6.45) is 3.21. The Morgan fingerprint density at radius 1 is 1.00 bits per heavy atom. The van der Waals surface area contributed by atoms with E-state index in [-0.39, 0.29) is 17.7 Å². The van der Waals surface area contributed by atoms with E-state index in [0.717, 1.165) is 17.1 Å². The minimum absolute atomic E-state index is 0.118. The van der Waals surface area contributed by atoms with Gasteiger partial charge in [-0.2, -0.15) is 4.98 Å². The highest BCUT2D eigenvalue weighted by Gasteiger charge is 2.09. The van der Waals surface area contributed by atoms with Gasteiger partial charge in [0.25, 0.3) is 5.56 Å². The van der Waals surface area contributed by atoms with Crippen molar-refractivity contribution in [1.29, 1.82) is 0 Å². The molecular weight excluding hydrogens is 380 g/mol. The van der Waals surface area contributed by atoms with E-state index in [0.29, 0.717) is 16.7 Å². The molecule has 0 aliphatic heterocycles. The van der Waals surface area contributed by atoms with Gasteiger partial charge in [-0.1, -0.05) is 6.07 Å². The maximum Gasteiger partial charge on any atom is 0.302 e. The topological polar surface area (TPSA) is 80.3 Å². The number of nitrogens with zero attached hydrogens (tertiary/aromatic N) is 3.